The van der Waals surface area contributed by atoms with Crippen LogP contribution in [-0.4, -0.2) is 22.7 Å². The van der Waals surface area contributed by atoms with Crippen molar-refractivity contribution in [3.05, 3.63) is 99.9 Å². The summed E-state index contributed by atoms with van der Waals surface area (Å²) in [6.07, 6.45) is 3.62. The fourth-order valence-corrected chi connectivity index (χ4v) is 4.09. The summed E-state index contributed by atoms with van der Waals surface area (Å²) in [6.45, 7) is 3.99. The van der Waals surface area contributed by atoms with Crippen LogP contribution in [0, 0.1) is 13.8 Å². The molecule has 0 N–H and O–H groups in total. The van der Waals surface area contributed by atoms with Gasteiger partial charge in [0, 0.05) is 17.3 Å². The number of nitrogens with zero attached hydrogens (tertiary/aromatic N) is 2. The van der Waals surface area contributed by atoms with E-state index in [-0.39, 0.29) is 11.5 Å². The van der Waals surface area contributed by atoms with E-state index in [9.17, 15) is 4.79 Å². The third kappa shape index (κ3) is 3.81. The summed E-state index contributed by atoms with van der Waals surface area (Å²) in [7, 11) is 1.57. The summed E-state index contributed by atoms with van der Waals surface area (Å²) in [5.74, 6) is 1.29. The monoisotopic (exact) mass is 456 g/mol. The van der Waals surface area contributed by atoms with E-state index in [0.717, 1.165) is 27.9 Å². The Morgan fingerprint density at radius 1 is 1.03 bits per heavy atom. The number of allylic oxidation sites excluding steroid dienone is 1. The molecule has 5 nitrogen and oxygen atoms in total. The molecule has 1 aliphatic heterocycles. The van der Waals surface area contributed by atoms with Gasteiger partial charge in [-0.3, -0.25) is 4.79 Å². The minimum absolute atomic E-state index is 0.140. The number of para-hydroxylation sites is 1. The lowest BCUT2D eigenvalue weighted by molar-refractivity contribution is 0.101. The van der Waals surface area contributed by atoms with Crippen LogP contribution in [0.3, 0.4) is 0 Å². The fraction of sp³-hybridized carbons (Fsp3) is 0.111. The molecule has 0 saturated carbocycles. The standard InChI is InChI=1S/C27H21ClN2O3/c1-16-11-21-24(12-17(16)2)33-25(27(21)31)14-19-15-30(20-7-5-4-6-8-20)29-26(19)18-9-10-23(32-3)22(28)13-18/h4-15H,1-3H3/b25-14-. The molecular formula is C27H21ClN2O3. The number of hydrogen-bond donors (Lipinski definition) is 0. The van der Waals surface area contributed by atoms with Crippen LogP contribution < -0.4 is 9.47 Å². The van der Waals surface area contributed by atoms with E-state index in [2.05, 4.69) is 0 Å². The van der Waals surface area contributed by atoms with Crippen molar-refractivity contribution in [2.75, 3.05) is 7.11 Å². The van der Waals surface area contributed by atoms with Crippen molar-refractivity contribution in [1.29, 1.82) is 0 Å². The van der Waals surface area contributed by atoms with Gasteiger partial charge in [0.2, 0.25) is 5.78 Å². The number of aryl methyl sites for hydroxylation is 2. The van der Waals surface area contributed by atoms with E-state index >= 15 is 0 Å². The number of aromatic nitrogens is 2. The smallest absolute Gasteiger partial charge is 0.231 e. The molecular weight excluding hydrogens is 436 g/mol. The van der Waals surface area contributed by atoms with Crippen LogP contribution in [0.25, 0.3) is 23.0 Å². The Morgan fingerprint density at radius 3 is 2.52 bits per heavy atom. The lowest BCUT2D eigenvalue weighted by atomic mass is 10.0. The van der Waals surface area contributed by atoms with Crippen LogP contribution in [-0.2, 0) is 0 Å². The molecule has 0 bridgehead atoms. The maximum atomic E-state index is 13.1. The Bertz CT molecular complexity index is 1420. The van der Waals surface area contributed by atoms with Crippen LogP contribution in [0.15, 0.2) is 72.6 Å². The Morgan fingerprint density at radius 2 is 1.79 bits per heavy atom. The van der Waals surface area contributed by atoms with Crippen LogP contribution in [0.1, 0.15) is 27.0 Å². The molecule has 0 radical (unpaired) electrons. The Labute approximate surface area is 196 Å². The third-order valence-electron chi connectivity index (χ3n) is 5.76. The topological polar surface area (TPSA) is 53.4 Å². The highest BCUT2D eigenvalue weighted by molar-refractivity contribution is 6.32. The Balaban J connectivity index is 1.63. The molecule has 3 aromatic carbocycles. The van der Waals surface area contributed by atoms with Gasteiger partial charge in [-0.15, -0.1) is 0 Å². The molecule has 5 rings (SSSR count). The van der Waals surface area contributed by atoms with Crippen LogP contribution in [0.4, 0.5) is 0 Å². The first-order valence-electron chi connectivity index (χ1n) is 10.5. The maximum absolute atomic E-state index is 13.1. The van der Waals surface area contributed by atoms with Gasteiger partial charge in [-0.05, 0) is 73.5 Å². The lowest BCUT2D eigenvalue weighted by Crippen LogP contribution is -1.98. The molecule has 0 atom stereocenters. The van der Waals surface area contributed by atoms with Gasteiger partial charge in [-0.2, -0.15) is 5.10 Å². The molecule has 0 saturated heterocycles. The molecule has 164 valence electrons. The van der Waals surface area contributed by atoms with E-state index in [1.807, 2.05) is 68.6 Å². The van der Waals surface area contributed by atoms with Gasteiger partial charge in [0.1, 0.15) is 17.2 Å². The number of benzene rings is 3. The predicted molar refractivity (Wildman–Crippen MR) is 129 cm³/mol. The Hall–Kier alpha value is -3.83. The van der Waals surface area contributed by atoms with Crippen molar-refractivity contribution in [2.45, 2.75) is 13.8 Å². The lowest BCUT2D eigenvalue weighted by Gasteiger charge is -2.05. The fourth-order valence-electron chi connectivity index (χ4n) is 3.83. The van der Waals surface area contributed by atoms with Gasteiger partial charge in [0.05, 0.1) is 23.4 Å². The zero-order valence-electron chi connectivity index (χ0n) is 18.4. The molecule has 0 aliphatic carbocycles. The van der Waals surface area contributed by atoms with Crippen molar-refractivity contribution in [3.8, 4) is 28.4 Å². The second-order valence-electron chi connectivity index (χ2n) is 7.93. The first kappa shape index (κ1) is 21.0. The minimum atomic E-state index is -0.140. The number of ether oxygens (including phenoxy) is 2. The predicted octanol–water partition coefficient (Wildman–Crippen LogP) is 6.43. The average Bonchev–Trinajstić information content (AvgIpc) is 3.36. The van der Waals surface area contributed by atoms with Gasteiger partial charge in [0.15, 0.2) is 5.76 Å². The summed E-state index contributed by atoms with van der Waals surface area (Å²) >= 11 is 6.39. The van der Waals surface area contributed by atoms with Crippen molar-refractivity contribution < 1.29 is 14.3 Å². The first-order valence-corrected chi connectivity index (χ1v) is 10.9. The molecule has 0 spiro atoms. The Kier molecular flexibility index (Phi) is 5.27. The quantitative estimate of drug-likeness (QED) is 0.332. The second kappa shape index (κ2) is 8.26. The molecule has 2 heterocycles. The van der Waals surface area contributed by atoms with E-state index in [4.69, 9.17) is 26.2 Å². The van der Waals surface area contributed by atoms with Crippen molar-refractivity contribution in [1.82, 2.24) is 9.78 Å². The molecule has 33 heavy (non-hydrogen) atoms. The largest absolute Gasteiger partial charge is 0.495 e. The van der Waals surface area contributed by atoms with E-state index in [0.29, 0.717) is 27.8 Å². The molecule has 0 fully saturated rings. The number of hydrogen-bond acceptors (Lipinski definition) is 4. The summed E-state index contributed by atoms with van der Waals surface area (Å²) in [5, 5.41) is 5.28. The van der Waals surface area contributed by atoms with Crippen LogP contribution >= 0.6 is 11.6 Å². The minimum Gasteiger partial charge on any atom is -0.495 e. The van der Waals surface area contributed by atoms with Gasteiger partial charge >= 0.3 is 0 Å². The number of rotatable bonds is 4. The van der Waals surface area contributed by atoms with Crippen molar-refractivity contribution in [2.24, 2.45) is 0 Å². The van der Waals surface area contributed by atoms with Gasteiger partial charge in [0.25, 0.3) is 0 Å². The summed E-state index contributed by atoms with van der Waals surface area (Å²) in [5.41, 5.74) is 5.83. The third-order valence-corrected chi connectivity index (χ3v) is 6.05. The molecule has 4 aromatic rings. The number of ketones is 1. The normalized spacial score (nSPS) is 13.8. The first-order chi connectivity index (χ1) is 15.9. The SMILES string of the molecule is COc1ccc(-c2nn(-c3ccccc3)cc2/C=C2\Oc3cc(C)c(C)cc3C2=O)cc1Cl. The molecule has 1 aliphatic rings. The summed E-state index contributed by atoms with van der Waals surface area (Å²) < 4.78 is 13.0. The summed E-state index contributed by atoms with van der Waals surface area (Å²) in [4.78, 5) is 13.1. The van der Waals surface area contributed by atoms with Gasteiger partial charge in [-0.25, -0.2) is 4.68 Å². The highest BCUT2D eigenvalue weighted by atomic mass is 35.5. The van der Waals surface area contributed by atoms with E-state index < -0.39 is 0 Å². The number of carbonyl (C=O) groups is 1. The number of Topliss-reactive ketones (excluding diaryl/α,β-unsaturated/α-hetero) is 1. The zero-order valence-corrected chi connectivity index (χ0v) is 19.2. The second-order valence-corrected chi connectivity index (χ2v) is 8.34. The summed E-state index contributed by atoms with van der Waals surface area (Å²) in [6, 6.07) is 19.1. The number of fused-ring (bicyclic) bond motifs is 1. The van der Waals surface area contributed by atoms with Crippen LogP contribution in [0.5, 0.6) is 11.5 Å². The molecule has 0 unspecified atom stereocenters. The average molecular weight is 457 g/mol. The number of halogens is 1. The van der Waals surface area contributed by atoms with E-state index in [1.54, 1.807) is 30.0 Å². The van der Waals surface area contributed by atoms with Gasteiger partial charge in [-0.1, -0.05) is 29.8 Å². The highest BCUT2D eigenvalue weighted by Gasteiger charge is 2.28. The van der Waals surface area contributed by atoms with Crippen molar-refractivity contribution in [3.63, 3.8) is 0 Å². The zero-order chi connectivity index (χ0) is 23.1. The number of carbonyl (C=O) groups excluding carboxylic acids is 1. The van der Waals surface area contributed by atoms with Crippen molar-refractivity contribution >= 4 is 23.5 Å². The molecule has 6 heteroatoms. The number of methoxy groups -OCH3 is 1. The molecule has 1 aromatic heterocycles. The highest BCUT2D eigenvalue weighted by Crippen LogP contribution is 2.36. The molecule has 0 amide bonds. The van der Waals surface area contributed by atoms with Gasteiger partial charge < -0.3 is 9.47 Å². The maximum Gasteiger partial charge on any atom is 0.231 e. The van der Waals surface area contributed by atoms with E-state index in [1.165, 1.54) is 0 Å². The van der Waals surface area contributed by atoms with Crippen LogP contribution in [0.2, 0.25) is 5.02 Å².